The van der Waals surface area contributed by atoms with Crippen LogP contribution < -0.4 is 0 Å². The Morgan fingerprint density at radius 2 is 1.60 bits per heavy atom. The van der Waals surface area contributed by atoms with Gasteiger partial charge in [-0.2, -0.15) is 0 Å². The van der Waals surface area contributed by atoms with E-state index in [1.54, 1.807) is 0 Å². The fourth-order valence-corrected chi connectivity index (χ4v) is 6.10. The molecular formula is C7H8S3. The first-order valence-electron chi connectivity index (χ1n) is 3.29. The molecule has 2 bridgehead atoms. The van der Waals surface area contributed by atoms with Gasteiger partial charge in [0.25, 0.3) is 0 Å². The van der Waals surface area contributed by atoms with Gasteiger partial charge in [-0.15, -0.1) is 0 Å². The highest BCUT2D eigenvalue weighted by Crippen LogP contribution is 2.49. The summed E-state index contributed by atoms with van der Waals surface area (Å²) in [4.78, 5) is 0. The first-order chi connectivity index (χ1) is 4.95. The Balaban J connectivity index is 2.14. The smallest absolute Gasteiger partial charge is 0.0356 e. The fraction of sp³-hybridized carbons (Fsp3) is 0.429. The normalized spacial score (nSPS) is 37.6. The van der Waals surface area contributed by atoms with E-state index < -0.39 is 0 Å². The molecule has 2 aliphatic rings. The molecule has 54 valence electrons. The minimum absolute atomic E-state index is 0.756. The van der Waals surface area contributed by atoms with Crippen LogP contribution >= 0.6 is 31.4 Å². The van der Waals surface area contributed by atoms with Gasteiger partial charge in [0.1, 0.15) is 0 Å². The molecule has 0 nitrogen and oxygen atoms in total. The average molecular weight is 188 g/mol. The predicted molar refractivity (Wildman–Crippen MR) is 53.2 cm³/mol. The van der Waals surface area contributed by atoms with Crippen molar-refractivity contribution in [2.24, 2.45) is 0 Å². The van der Waals surface area contributed by atoms with Crippen LogP contribution in [-0.4, -0.2) is 10.5 Å². The van der Waals surface area contributed by atoms with Crippen LogP contribution in [0.5, 0.6) is 0 Å². The van der Waals surface area contributed by atoms with Crippen LogP contribution in [0, 0.1) is 0 Å². The van der Waals surface area contributed by atoms with E-state index in [0.717, 1.165) is 10.5 Å². The predicted octanol–water partition coefficient (Wildman–Crippen LogP) is 3.28. The lowest BCUT2D eigenvalue weighted by Crippen LogP contribution is -2.08. The van der Waals surface area contributed by atoms with Gasteiger partial charge < -0.3 is 0 Å². The Hall–Kier alpha value is 0.530. The second kappa shape index (κ2) is 3.28. The second-order valence-electron chi connectivity index (χ2n) is 2.34. The molecule has 0 radical (unpaired) electrons. The molecule has 0 N–H and O–H groups in total. The van der Waals surface area contributed by atoms with E-state index in [1.807, 2.05) is 31.4 Å². The zero-order valence-corrected chi connectivity index (χ0v) is 7.85. The summed E-state index contributed by atoms with van der Waals surface area (Å²) in [6, 6.07) is 0. The van der Waals surface area contributed by atoms with E-state index >= 15 is 0 Å². The lowest BCUT2D eigenvalue weighted by molar-refractivity contribution is 0.912. The summed E-state index contributed by atoms with van der Waals surface area (Å²) in [6.07, 6.45) is 10.3. The quantitative estimate of drug-likeness (QED) is 0.535. The standard InChI is InChI=1S/C7H8S3/c1-2-4-7-5-6(3-1)8-10-9-7/h1-4,6-7H,5H2/t6-,7+. The summed E-state index contributed by atoms with van der Waals surface area (Å²) in [5, 5.41) is 1.51. The molecule has 1 saturated heterocycles. The number of hydrogen-bond acceptors (Lipinski definition) is 3. The highest BCUT2D eigenvalue weighted by Gasteiger charge is 2.20. The SMILES string of the molecule is C1=C[C@@H]2C[C@H](C=C1)SSS2. The third kappa shape index (κ3) is 1.57. The maximum Gasteiger partial charge on any atom is 0.0356 e. The number of rotatable bonds is 0. The van der Waals surface area contributed by atoms with Crippen molar-refractivity contribution in [2.75, 3.05) is 0 Å². The molecule has 0 saturated carbocycles. The zero-order chi connectivity index (χ0) is 6.81. The Labute approximate surface area is 72.7 Å². The van der Waals surface area contributed by atoms with E-state index in [0.29, 0.717) is 0 Å². The van der Waals surface area contributed by atoms with Gasteiger partial charge >= 0.3 is 0 Å². The third-order valence-corrected chi connectivity index (χ3v) is 6.27. The van der Waals surface area contributed by atoms with Gasteiger partial charge in [-0.1, -0.05) is 45.9 Å². The molecule has 0 aromatic carbocycles. The number of hydrogen-bond donors (Lipinski definition) is 0. The Morgan fingerprint density at radius 1 is 1.00 bits per heavy atom. The van der Waals surface area contributed by atoms with Gasteiger partial charge in [-0.25, -0.2) is 0 Å². The largest absolute Gasteiger partial charge is 0.0749 e. The van der Waals surface area contributed by atoms with Gasteiger partial charge in [0, 0.05) is 10.5 Å². The number of allylic oxidation sites excluding steroid dienone is 2. The molecule has 1 heterocycles. The topological polar surface area (TPSA) is 0 Å². The summed E-state index contributed by atoms with van der Waals surface area (Å²) in [5.41, 5.74) is 0. The molecule has 0 unspecified atom stereocenters. The summed E-state index contributed by atoms with van der Waals surface area (Å²) < 4.78 is 0. The van der Waals surface area contributed by atoms with Crippen LogP contribution in [0.1, 0.15) is 6.42 Å². The van der Waals surface area contributed by atoms with Gasteiger partial charge in [0.15, 0.2) is 0 Å². The monoisotopic (exact) mass is 188 g/mol. The molecule has 0 aromatic heterocycles. The van der Waals surface area contributed by atoms with Crippen LogP contribution in [0.3, 0.4) is 0 Å². The molecule has 0 aromatic rings. The molecule has 0 spiro atoms. The van der Waals surface area contributed by atoms with Crippen molar-refractivity contribution < 1.29 is 0 Å². The molecule has 1 aliphatic carbocycles. The Morgan fingerprint density at radius 3 is 2.20 bits per heavy atom. The van der Waals surface area contributed by atoms with Crippen molar-refractivity contribution in [1.29, 1.82) is 0 Å². The molecule has 3 heteroatoms. The summed E-state index contributed by atoms with van der Waals surface area (Å²) >= 11 is 0. The Kier molecular flexibility index (Phi) is 2.36. The highest BCUT2D eigenvalue weighted by atomic mass is 33.5. The van der Waals surface area contributed by atoms with Crippen molar-refractivity contribution in [3.63, 3.8) is 0 Å². The van der Waals surface area contributed by atoms with E-state index in [1.165, 1.54) is 6.42 Å². The van der Waals surface area contributed by atoms with E-state index in [-0.39, 0.29) is 0 Å². The maximum atomic E-state index is 2.30. The van der Waals surface area contributed by atoms with Crippen molar-refractivity contribution in [3.05, 3.63) is 24.3 Å². The van der Waals surface area contributed by atoms with Crippen molar-refractivity contribution in [3.8, 4) is 0 Å². The molecule has 10 heavy (non-hydrogen) atoms. The van der Waals surface area contributed by atoms with Gasteiger partial charge in [0.05, 0.1) is 0 Å². The molecule has 2 atom stereocenters. The minimum atomic E-state index is 0.756. The van der Waals surface area contributed by atoms with E-state index in [2.05, 4.69) is 24.3 Å². The molecule has 2 rings (SSSR count). The van der Waals surface area contributed by atoms with Gasteiger partial charge in [0.2, 0.25) is 0 Å². The molecule has 1 aliphatic heterocycles. The van der Waals surface area contributed by atoms with E-state index in [4.69, 9.17) is 0 Å². The molecule has 0 amide bonds. The van der Waals surface area contributed by atoms with Crippen LogP contribution in [0.2, 0.25) is 0 Å². The van der Waals surface area contributed by atoms with Crippen molar-refractivity contribution >= 4 is 31.4 Å². The van der Waals surface area contributed by atoms with Gasteiger partial charge in [-0.3, -0.25) is 0 Å². The lowest BCUT2D eigenvalue weighted by Gasteiger charge is -2.21. The fourth-order valence-electron chi connectivity index (χ4n) is 1.03. The van der Waals surface area contributed by atoms with Crippen LogP contribution in [0.15, 0.2) is 24.3 Å². The molecular weight excluding hydrogens is 180 g/mol. The first-order valence-corrected chi connectivity index (χ1v) is 6.90. The second-order valence-corrected chi connectivity index (χ2v) is 6.86. The highest BCUT2D eigenvalue weighted by molar-refractivity contribution is 9.09. The molecule has 1 fully saturated rings. The number of fused-ring (bicyclic) bond motifs is 2. The van der Waals surface area contributed by atoms with Crippen molar-refractivity contribution in [2.45, 2.75) is 16.9 Å². The van der Waals surface area contributed by atoms with Gasteiger partial charge in [-0.05, 0) is 16.2 Å². The summed E-state index contributed by atoms with van der Waals surface area (Å²) in [6.45, 7) is 0. The summed E-state index contributed by atoms with van der Waals surface area (Å²) in [5.74, 6) is 0. The van der Waals surface area contributed by atoms with Crippen LogP contribution in [0.4, 0.5) is 0 Å². The first kappa shape index (κ1) is 7.19. The van der Waals surface area contributed by atoms with Crippen LogP contribution in [0.25, 0.3) is 0 Å². The third-order valence-electron chi connectivity index (χ3n) is 1.55. The van der Waals surface area contributed by atoms with E-state index in [9.17, 15) is 0 Å². The van der Waals surface area contributed by atoms with Crippen molar-refractivity contribution in [1.82, 2.24) is 0 Å². The Bertz CT molecular complexity index is 156. The summed E-state index contributed by atoms with van der Waals surface area (Å²) in [7, 11) is 5.90. The lowest BCUT2D eigenvalue weighted by atomic mass is 10.2. The zero-order valence-electron chi connectivity index (χ0n) is 5.40. The maximum absolute atomic E-state index is 2.30. The minimum Gasteiger partial charge on any atom is -0.0749 e. The average Bonchev–Trinajstić information content (AvgIpc) is 2.12. The van der Waals surface area contributed by atoms with Crippen LogP contribution in [-0.2, 0) is 0 Å².